The van der Waals surface area contributed by atoms with E-state index in [1.165, 1.54) is 0 Å². The minimum atomic E-state index is -0.0655. The summed E-state index contributed by atoms with van der Waals surface area (Å²) in [6, 6.07) is 0. The van der Waals surface area contributed by atoms with E-state index in [4.69, 9.17) is 10.8 Å². The Balaban J connectivity index is 2.18. The van der Waals surface area contributed by atoms with Crippen LogP contribution >= 0.6 is 11.8 Å². The third kappa shape index (κ3) is 2.51. The van der Waals surface area contributed by atoms with Crippen LogP contribution in [0.1, 0.15) is 37.7 Å². The Hall–Kier alpha value is -1.60. The number of nitrogen functional groups attached to an aromatic ring is 1. The van der Waals surface area contributed by atoms with Crippen molar-refractivity contribution in [2.24, 2.45) is 12.9 Å². The molecule has 0 fully saturated rings. The van der Waals surface area contributed by atoms with Crippen molar-refractivity contribution in [1.29, 1.82) is 0 Å². The molecule has 0 atom stereocenters. The maximum atomic E-state index is 5.63. The fraction of sp³-hybridized carbons (Fsp3) is 0.500. The molecule has 112 valence electrons. The zero-order chi connectivity index (χ0) is 15.2. The van der Waals surface area contributed by atoms with Gasteiger partial charge in [-0.2, -0.15) is 16.9 Å². The summed E-state index contributed by atoms with van der Waals surface area (Å²) in [5.74, 6) is 8.87. The van der Waals surface area contributed by atoms with Gasteiger partial charge in [0.15, 0.2) is 5.82 Å². The predicted molar refractivity (Wildman–Crippen MR) is 85.7 cm³/mol. The van der Waals surface area contributed by atoms with Crippen molar-refractivity contribution < 1.29 is 0 Å². The topological polar surface area (TPSA) is 81.7 Å². The molecule has 2 aromatic rings. The molecule has 0 amide bonds. The van der Waals surface area contributed by atoms with E-state index in [1.54, 1.807) is 0 Å². The van der Waals surface area contributed by atoms with Crippen LogP contribution < -0.4 is 11.3 Å². The number of nitrogens with two attached hydrogens (primary N) is 1. The number of rotatable bonds is 2. The third-order valence-corrected chi connectivity index (χ3v) is 4.47. The van der Waals surface area contributed by atoms with E-state index in [0.717, 1.165) is 39.8 Å². The molecule has 0 spiro atoms. The number of aryl methyl sites for hydroxylation is 1. The second-order valence-electron chi connectivity index (χ2n) is 6.27. The Bertz CT molecular complexity index is 686. The molecule has 0 saturated heterocycles. The van der Waals surface area contributed by atoms with Crippen molar-refractivity contribution in [2.45, 2.75) is 37.7 Å². The molecule has 0 saturated carbocycles. The second-order valence-corrected chi connectivity index (χ2v) is 7.26. The molecule has 3 rings (SSSR count). The highest BCUT2D eigenvalue weighted by Gasteiger charge is 2.26. The van der Waals surface area contributed by atoms with Crippen LogP contribution in [0.5, 0.6) is 0 Å². The molecule has 0 bridgehead atoms. The molecule has 7 heteroatoms. The van der Waals surface area contributed by atoms with Crippen LogP contribution in [0.3, 0.4) is 0 Å². The van der Waals surface area contributed by atoms with E-state index in [-0.39, 0.29) is 5.41 Å². The summed E-state index contributed by atoms with van der Waals surface area (Å²) >= 11 is 1.83. The average Bonchev–Trinajstić information content (AvgIpc) is 3.02. The first kappa shape index (κ1) is 14.3. The number of hydrazine groups is 1. The maximum Gasteiger partial charge on any atom is 0.165 e. The van der Waals surface area contributed by atoms with E-state index in [2.05, 4.69) is 36.3 Å². The highest BCUT2D eigenvalue weighted by Crippen LogP contribution is 2.36. The first-order valence-electron chi connectivity index (χ1n) is 6.89. The number of thioether (sulfide) groups is 1. The Kier molecular flexibility index (Phi) is 3.41. The zero-order valence-corrected chi connectivity index (χ0v) is 13.6. The predicted octanol–water partition coefficient (Wildman–Crippen LogP) is 2.21. The summed E-state index contributed by atoms with van der Waals surface area (Å²) in [5.41, 5.74) is 6.81. The fourth-order valence-electron chi connectivity index (χ4n) is 2.50. The Labute approximate surface area is 128 Å². The van der Waals surface area contributed by atoms with Gasteiger partial charge in [0.05, 0.1) is 17.0 Å². The lowest BCUT2D eigenvalue weighted by Crippen LogP contribution is -2.16. The number of hydrogen-bond donors (Lipinski definition) is 2. The van der Waals surface area contributed by atoms with Gasteiger partial charge < -0.3 is 5.43 Å². The Morgan fingerprint density at radius 1 is 1.29 bits per heavy atom. The van der Waals surface area contributed by atoms with Crippen LogP contribution in [0.25, 0.3) is 11.4 Å². The van der Waals surface area contributed by atoms with Crippen molar-refractivity contribution in [2.75, 3.05) is 5.43 Å². The number of fused-ring (bicyclic) bond motifs is 1. The standard InChI is InChI=1S/C14H20N6S/c1-14(2,3)11-8(5-20(4)19-11)12-16-10-7-21-6-9(10)13(17-12)18-15/h5H,6-7,15H2,1-4H3,(H,16,17,18). The molecule has 0 radical (unpaired) electrons. The zero-order valence-electron chi connectivity index (χ0n) is 12.8. The molecule has 1 aliphatic rings. The number of hydrogen-bond acceptors (Lipinski definition) is 6. The number of anilines is 1. The first-order valence-corrected chi connectivity index (χ1v) is 8.04. The molecule has 21 heavy (non-hydrogen) atoms. The Morgan fingerprint density at radius 3 is 2.71 bits per heavy atom. The van der Waals surface area contributed by atoms with Crippen LogP contribution in [-0.4, -0.2) is 19.7 Å². The van der Waals surface area contributed by atoms with Crippen molar-refractivity contribution in [3.05, 3.63) is 23.1 Å². The van der Waals surface area contributed by atoms with E-state index >= 15 is 0 Å². The quantitative estimate of drug-likeness (QED) is 0.654. The third-order valence-electron chi connectivity index (χ3n) is 3.49. The summed E-state index contributed by atoms with van der Waals surface area (Å²) in [6.07, 6.45) is 1.98. The number of nitrogens with zero attached hydrogens (tertiary/aromatic N) is 4. The molecule has 1 aliphatic heterocycles. The summed E-state index contributed by atoms with van der Waals surface area (Å²) in [6.45, 7) is 6.43. The van der Waals surface area contributed by atoms with E-state index < -0.39 is 0 Å². The van der Waals surface area contributed by atoms with Crippen LogP contribution in [-0.2, 0) is 24.0 Å². The molecule has 2 aromatic heterocycles. The molecule has 0 unspecified atom stereocenters. The van der Waals surface area contributed by atoms with Crippen molar-refractivity contribution in [3.63, 3.8) is 0 Å². The Morgan fingerprint density at radius 2 is 2.05 bits per heavy atom. The molecule has 6 nitrogen and oxygen atoms in total. The molecule has 0 aromatic carbocycles. The summed E-state index contributed by atoms with van der Waals surface area (Å²) in [7, 11) is 1.92. The highest BCUT2D eigenvalue weighted by atomic mass is 32.2. The largest absolute Gasteiger partial charge is 0.308 e. The van der Waals surface area contributed by atoms with Crippen LogP contribution in [0.2, 0.25) is 0 Å². The minimum absolute atomic E-state index is 0.0655. The van der Waals surface area contributed by atoms with Gasteiger partial charge in [-0.05, 0) is 0 Å². The smallest absolute Gasteiger partial charge is 0.165 e. The molecule has 3 N–H and O–H groups in total. The van der Waals surface area contributed by atoms with Gasteiger partial charge in [-0.3, -0.25) is 4.68 Å². The lowest BCUT2D eigenvalue weighted by Gasteiger charge is -2.17. The monoisotopic (exact) mass is 304 g/mol. The number of nitrogens with one attached hydrogen (secondary N) is 1. The van der Waals surface area contributed by atoms with Crippen molar-refractivity contribution >= 4 is 17.6 Å². The van der Waals surface area contributed by atoms with Crippen LogP contribution in [0.15, 0.2) is 6.20 Å². The van der Waals surface area contributed by atoms with Crippen LogP contribution in [0, 0.1) is 0 Å². The molecule has 0 aliphatic carbocycles. The van der Waals surface area contributed by atoms with Gasteiger partial charge in [-0.15, -0.1) is 0 Å². The molecule has 3 heterocycles. The lowest BCUT2D eigenvalue weighted by molar-refractivity contribution is 0.554. The van der Waals surface area contributed by atoms with Gasteiger partial charge in [0, 0.05) is 35.7 Å². The second kappa shape index (κ2) is 4.99. The van der Waals surface area contributed by atoms with Gasteiger partial charge >= 0.3 is 0 Å². The highest BCUT2D eigenvalue weighted by molar-refractivity contribution is 7.98. The van der Waals surface area contributed by atoms with Gasteiger partial charge in [0.25, 0.3) is 0 Å². The molecular formula is C14H20N6S. The molecular weight excluding hydrogens is 284 g/mol. The van der Waals surface area contributed by atoms with E-state index in [9.17, 15) is 0 Å². The first-order chi connectivity index (χ1) is 9.90. The maximum absolute atomic E-state index is 5.63. The normalized spacial score (nSPS) is 14.3. The fourth-order valence-corrected chi connectivity index (χ4v) is 3.54. The average molecular weight is 304 g/mol. The van der Waals surface area contributed by atoms with Gasteiger partial charge in [0.1, 0.15) is 5.82 Å². The minimum Gasteiger partial charge on any atom is -0.308 e. The number of aromatic nitrogens is 4. The summed E-state index contributed by atoms with van der Waals surface area (Å²) in [4.78, 5) is 9.35. The van der Waals surface area contributed by atoms with Crippen LogP contribution in [0.4, 0.5) is 5.82 Å². The SMILES string of the molecule is Cn1cc(-c2nc3c(c(NN)n2)CSC3)c(C(C)(C)C)n1. The summed E-state index contributed by atoms with van der Waals surface area (Å²) < 4.78 is 1.82. The van der Waals surface area contributed by atoms with Gasteiger partial charge in [-0.1, -0.05) is 20.8 Å². The van der Waals surface area contributed by atoms with Crippen molar-refractivity contribution in [1.82, 2.24) is 19.7 Å². The van der Waals surface area contributed by atoms with Gasteiger partial charge in [0.2, 0.25) is 0 Å². The lowest BCUT2D eigenvalue weighted by atomic mass is 9.89. The van der Waals surface area contributed by atoms with Crippen molar-refractivity contribution in [3.8, 4) is 11.4 Å². The van der Waals surface area contributed by atoms with E-state index in [1.807, 2.05) is 29.7 Å². The van der Waals surface area contributed by atoms with Gasteiger partial charge in [-0.25, -0.2) is 15.8 Å². The van der Waals surface area contributed by atoms with E-state index in [0.29, 0.717) is 5.82 Å². The summed E-state index contributed by atoms with van der Waals surface area (Å²) in [5, 5.41) is 4.59.